The lowest BCUT2D eigenvalue weighted by molar-refractivity contribution is -0.136. The molecule has 0 atom stereocenters. The van der Waals surface area contributed by atoms with Crippen LogP contribution in [0.2, 0.25) is 0 Å². The van der Waals surface area contributed by atoms with Crippen LogP contribution in [0.15, 0.2) is 41.8 Å². The van der Waals surface area contributed by atoms with E-state index < -0.39 is 17.3 Å². The lowest BCUT2D eigenvalue weighted by Gasteiger charge is -2.25. The van der Waals surface area contributed by atoms with Gasteiger partial charge in [0.2, 0.25) is 5.56 Å². The number of alkyl halides is 3. The summed E-state index contributed by atoms with van der Waals surface area (Å²) in [6.07, 6.45) is -3.02. The standard InChI is InChI=1S/C15H15F3N2O/c1-4-20(9(2)3)10-5-6-13-11(7-10)12(15(16,17)18)8-14(21)19-13/h4-9H,1H2,2-3H3,(H,19,21). The van der Waals surface area contributed by atoms with E-state index in [0.717, 1.165) is 0 Å². The number of benzene rings is 1. The van der Waals surface area contributed by atoms with Gasteiger partial charge in [0.05, 0.1) is 5.56 Å². The number of pyridine rings is 1. The van der Waals surface area contributed by atoms with Crippen LogP contribution in [0, 0.1) is 0 Å². The van der Waals surface area contributed by atoms with Crippen LogP contribution in [0.4, 0.5) is 18.9 Å². The molecule has 0 radical (unpaired) electrons. The Labute approximate surface area is 119 Å². The van der Waals surface area contributed by atoms with Gasteiger partial charge in [-0.1, -0.05) is 6.58 Å². The minimum absolute atomic E-state index is 0.0351. The lowest BCUT2D eigenvalue weighted by atomic mass is 10.1. The Hall–Kier alpha value is -2.24. The largest absolute Gasteiger partial charge is 0.417 e. The van der Waals surface area contributed by atoms with E-state index in [1.54, 1.807) is 17.2 Å². The van der Waals surface area contributed by atoms with E-state index >= 15 is 0 Å². The van der Waals surface area contributed by atoms with Gasteiger partial charge in [-0.15, -0.1) is 0 Å². The molecule has 0 saturated heterocycles. The molecule has 0 spiro atoms. The third-order valence-corrected chi connectivity index (χ3v) is 3.18. The molecular formula is C15H15F3N2O. The summed E-state index contributed by atoms with van der Waals surface area (Å²) in [4.78, 5) is 15.5. The molecule has 0 unspecified atom stereocenters. The summed E-state index contributed by atoms with van der Waals surface area (Å²) in [5.74, 6) is 0. The fraction of sp³-hybridized carbons (Fsp3) is 0.267. The first kappa shape index (κ1) is 15.2. The summed E-state index contributed by atoms with van der Waals surface area (Å²) in [6, 6.07) is 5.17. The smallest absolute Gasteiger partial charge is 0.346 e. The van der Waals surface area contributed by atoms with Crippen LogP contribution in [-0.2, 0) is 6.18 Å². The molecule has 0 aliphatic rings. The van der Waals surface area contributed by atoms with Crippen molar-refractivity contribution in [3.63, 3.8) is 0 Å². The number of halogens is 3. The third kappa shape index (κ3) is 2.94. The van der Waals surface area contributed by atoms with Crippen molar-refractivity contribution >= 4 is 16.6 Å². The SMILES string of the molecule is C=CN(c1ccc2[nH]c(=O)cc(C(F)(F)F)c2c1)C(C)C. The van der Waals surface area contributed by atoms with Crippen molar-refractivity contribution in [3.05, 3.63) is 53.0 Å². The number of rotatable bonds is 3. The average Bonchev–Trinajstić information content (AvgIpc) is 2.37. The molecule has 6 heteroatoms. The molecule has 2 rings (SSSR count). The van der Waals surface area contributed by atoms with Gasteiger partial charge in [-0.25, -0.2) is 0 Å². The van der Waals surface area contributed by atoms with Gasteiger partial charge in [0, 0.05) is 28.7 Å². The maximum Gasteiger partial charge on any atom is 0.417 e. The normalized spacial score (nSPS) is 11.9. The molecule has 0 aliphatic heterocycles. The highest BCUT2D eigenvalue weighted by Gasteiger charge is 2.33. The molecule has 0 amide bonds. The first-order chi connectivity index (χ1) is 9.74. The van der Waals surface area contributed by atoms with Gasteiger partial charge < -0.3 is 9.88 Å². The molecule has 112 valence electrons. The molecule has 1 heterocycles. The molecule has 0 bridgehead atoms. The fourth-order valence-corrected chi connectivity index (χ4v) is 2.25. The van der Waals surface area contributed by atoms with E-state index in [1.165, 1.54) is 12.1 Å². The molecule has 3 nitrogen and oxygen atoms in total. The van der Waals surface area contributed by atoms with Crippen molar-refractivity contribution in [1.29, 1.82) is 0 Å². The molecule has 0 saturated carbocycles. The van der Waals surface area contributed by atoms with Crippen molar-refractivity contribution in [1.82, 2.24) is 4.98 Å². The zero-order valence-corrected chi connectivity index (χ0v) is 11.7. The van der Waals surface area contributed by atoms with E-state index in [2.05, 4.69) is 11.6 Å². The Bertz CT molecular complexity index is 732. The maximum absolute atomic E-state index is 13.1. The average molecular weight is 296 g/mol. The Balaban J connectivity index is 2.74. The summed E-state index contributed by atoms with van der Waals surface area (Å²) in [5, 5.41) is -0.0351. The van der Waals surface area contributed by atoms with E-state index in [-0.39, 0.29) is 16.9 Å². The predicted octanol–water partition coefficient (Wildman–Crippen LogP) is 3.91. The van der Waals surface area contributed by atoms with Crippen LogP contribution in [0.5, 0.6) is 0 Å². The van der Waals surface area contributed by atoms with Crippen molar-refractivity contribution < 1.29 is 13.2 Å². The van der Waals surface area contributed by atoms with E-state index in [9.17, 15) is 18.0 Å². The number of aromatic nitrogens is 1. The number of nitrogens with one attached hydrogen (secondary N) is 1. The molecule has 1 aromatic carbocycles. The number of aromatic amines is 1. The predicted molar refractivity (Wildman–Crippen MR) is 77.4 cm³/mol. The number of H-pyrrole nitrogens is 1. The number of anilines is 1. The van der Waals surface area contributed by atoms with Crippen LogP contribution in [-0.4, -0.2) is 11.0 Å². The summed E-state index contributed by atoms with van der Waals surface area (Å²) in [5.41, 5.74) is -0.959. The van der Waals surface area contributed by atoms with Gasteiger partial charge >= 0.3 is 6.18 Å². The minimum Gasteiger partial charge on any atom is -0.346 e. The van der Waals surface area contributed by atoms with Crippen LogP contribution < -0.4 is 10.5 Å². The van der Waals surface area contributed by atoms with E-state index in [1.807, 2.05) is 13.8 Å². The summed E-state index contributed by atoms with van der Waals surface area (Å²) in [6.45, 7) is 7.48. The van der Waals surface area contributed by atoms with Gasteiger partial charge in [-0.2, -0.15) is 13.2 Å². The highest BCUT2D eigenvalue weighted by Crippen LogP contribution is 2.35. The molecule has 21 heavy (non-hydrogen) atoms. The van der Waals surface area contributed by atoms with Crippen LogP contribution in [0.25, 0.3) is 10.9 Å². The zero-order valence-electron chi connectivity index (χ0n) is 11.7. The second-order valence-electron chi connectivity index (χ2n) is 4.96. The molecular weight excluding hydrogens is 281 g/mol. The third-order valence-electron chi connectivity index (χ3n) is 3.18. The van der Waals surface area contributed by atoms with Crippen LogP contribution in [0.3, 0.4) is 0 Å². The Morgan fingerprint density at radius 3 is 2.48 bits per heavy atom. The Morgan fingerprint density at radius 2 is 1.95 bits per heavy atom. The van der Waals surface area contributed by atoms with Crippen molar-refractivity contribution in [3.8, 4) is 0 Å². The van der Waals surface area contributed by atoms with E-state index in [4.69, 9.17) is 0 Å². The molecule has 0 aliphatic carbocycles. The van der Waals surface area contributed by atoms with Gasteiger partial charge in [0.15, 0.2) is 0 Å². The Kier molecular flexibility index (Phi) is 3.80. The summed E-state index contributed by atoms with van der Waals surface area (Å²) in [7, 11) is 0. The van der Waals surface area contributed by atoms with Crippen molar-refractivity contribution in [2.75, 3.05) is 4.90 Å². The number of hydrogen-bond acceptors (Lipinski definition) is 2. The van der Waals surface area contributed by atoms with Gasteiger partial charge in [-0.3, -0.25) is 4.79 Å². The van der Waals surface area contributed by atoms with Gasteiger partial charge in [-0.05, 0) is 38.2 Å². The molecule has 0 fully saturated rings. The summed E-state index contributed by atoms with van der Waals surface area (Å²) >= 11 is 0. The minimum atomic E-state index is -4.58. The zero-order chi connectivity index (χ0) is 15.8. The van der Waals surface area contributed by atoms with Crippen molar-refractivity contribution in [2.45, 2.75) is 26.1 Å². The molecule has 1 N–H and O–H groups in total. The second kappa shape index (κ2) is 5.27. The quantitative estimate of drug-likeness (QED) is 0.932. The monoisotopic (exact) mass is 296 g/mol. The van der Waals surface area contributed by atoms with Crippen molar-refractivity contribution in [2.24, 2.45) is 0 Å². The molecule has 2 aromatic rings. The van der Waals surface area contributed by atoms with E-state index in [0.29, 0.717) is 11.8 Å². The van der Waals surface area contributed by atoms with Crippen LogP contribution >= 0.6 is 0 Å². The second-order valence-corrected chi connectivity index (χ2v) is 4.96. The molecule has 1 aromatic heterocycles. The topological polar surface area (TPSA) is 36.1 Å². The number of hydrogen-bond donors (Lipinski definition) is 1. The van der Waals surface area contributed by atoms with Gasteiger partial charge in [0.1, 0.15) is 0 Å². The fourth-order valence-electron chi connectivity index (χ4n) is 2.25. The highest BCUT2D eigenvalue weighted by atomic mass is 19.4. The van der Waals surface area contributed by atoms with Gasteiger partial charge in [0.25, 0.3) is 0 Å². The Morgan fingerprint density at radius 1 is 1.29 bits per heavy atom. The maximum atomic E-state index is 13.1. The van der Waals surface area contributed by atoms with Crippen LogP contribution in [0.1, 0.15) is 19.4 Å². The number of nitrogens with zero attached hydrogens (tertiary/aromatic N) is 1. The highest BCUT2D eigenvalue weighted by molar-refractivity contribution is 5.86. The first-order valence-corrected chi connectivity index (χ1v) is 6.39. The first-order valence-electron chi connectivity index (χ1n) is 6.39. The lowest BCUT2D eigenvalue weighted by Crippen LogP contribution is -2.24. The summed E-state index contributed by atoms with van der Waals surface area (Å²) < 4.78 is 39.3. The number of fused-ring (bicyclic) bond motifs is 1.